The quantitative estimate of drug-likeness (QED) is 0.171. The van der Waals surface area contributed by atoms with Gasteiger partial charge in [-0.1, -0.05) is 79.4 Å². The number of hydrogen-bond donors (Lipinski definition) is 0. The van der Waals surface area contributed by atoms with Crippen molar-refractivity contribution in [1.82, 2.24) is 14.1 Å². The fourth-order valence-corrected chi connectivity index (χ4v) is 5.64. The van der Waals surface area contributed by atoms with Gasteiger partial charge in [0.15, 0.2) is 0 Å². The van der Waals surface area contributed by atoms with Crippen molar-refractivity contribution in [1.29, 1.82) is 5.26 Å². The van der Waals surface area contributed by atoms with Crippen LogP contribution >= 0.6 is 0 Å². The van der Waals surface area contributed by atoms with Crippen LogP contribution in [0.2, 0.25) is 0 Å². The Hall–Kier alpha value is -5.66. The molecule has 7 aromatic rings. The average molecular weight is 513 g/mol. The third kappa shape index (κ3) is 3.81. The molecule has 4 aromatic carbocycles. The van der Waals surface area contributed by atoms with Crippen LogP contribution in [0, 0.1) is 11.3 Å². The first-order valence-electron chi connectivity index (χ1n) is 13.1. The molecule has 0 amide bonds. The zero-order valence-corrected chi connectivity index (χ0v) is 21.7. The van der Waals surface area contributed by atoms with Gasteiger partial charge in [0.1, 0.15) is 0 Å². The maximum absolute atomic E-state index is 9.57. The van der Waals surface area contributed by atoms with E-state index in [1.54, 1.807) is 0 Å². The van der Waals surface area contributed by atoms with Crippen LogP contribution < -0.4 is 0 Å². The Morgan fingerprint density at radius 1 is 0.700 bits per heavy atom. The number of hydrogen-bond acceptors (Lipinski definition) is 2. The van der Waals surface area contributed by atoms with Gasteiger partial charge in [0.2, 0.25) is 0 Å². The lowest BCUT2D eigenvalue weighted by Gasteiger charge is -2.10. The second-order valence-corrected chi connectivity index (χ2v) is 9.72. The molecule has 0 N–H and O–H groups in total. The second-order valence-electron chi connectivity index (χ2n) is 9.72. The highest BCUT2D eigenvalue weighted by Crippen LogP contribution is 2.34. The number of nitrogens with zero attached hydrogens (tertiary/aromatic N) is 4. The smallest absolute Gasteiger partial charge is 0.0986 e. The summed E-state index contributed by atoms with van der Waals surface area (Å²) in [5, 5.41) is 14.3. The molecule has 0 aliphatic heterocycles. The summed E-state index contributed by atoms with van der Waals surface area (Å²) in [5.74, 6) is 0. The van der Waals surface area contributed by atoms with Crippen LogP contribution in [0.25, 0.3) is 61.1 Å². The molecular formula is C36H24N4. The van der Waals surface area contributed by atoms with Gasteiger partial charge in [-0.25, -0.2) is 0 Å². The highest BCUT2D eigenvalue weighted by Gasteiger charge is 2.13. The first-order chi connectivity index (χ1) is 19.7. The van der Waals surface area contributed by atoms with E-state index in [9.17, 15) is 5.26 Å². The van der Waals surface area contributed by atoms with Gasteiger partial charge in [0, 0.05) is 44.7 Å². The van der Waals surface area contributed by atoms with Crippen LogP contribution in [0.4, 0.5) is 0 Å². The molecule has 0 unspecified atom stereocenters. The van der Waals surface area contributed by atoms with E-state index in [0.717, 1.165) is 49.9 Å². The summed E-state index contributed by atoms with van der Waals surface area (Å²) in [5.41, 5.74) is 7.52. The normalized spacial score (nSPS) is 12.1. The molecule has 3 heterocycles. The minimum Gasteiger partial charge on any atom is -0.309 e. The second kappa shape index (κ2) is 9.58. The molecule has 7 rings (SSSR count). The zero-order valence-electron chi connectivity index (χ0n) is 21.7. The van der Waals surface area contributed by atoms with Gasteiger partial charge in [-0.05, 0) is 54.6 Å². The largest absolute Gasteiger partial charge is 0.309 e. The highest BCUT2D eigenvalue weighted by molar-refractivity contribution is 6.11. The van der Waals surface area contributed by atoms with E-state index in [0.29, 0.717) is 5.57 Å². The highest BCUT2D eigenvalue weighted by atomic mass is 15.0. The SMILES string of the molecule is C=C(C#N)/C=C(\C=C\c1cc(-n2c3ccccc3c3ccccc32)ccn1)n1c2ccccc2c2ccccc21. The van der Waals surface area contributed by atoms with Crippen molar-refractivity contribution in [3.63, 3.8) is 0 Å². The lowest BCUT2D eigenvalue weighted by Crippen LogP contribution is -1.97. The van der Waals surface area contributed by atoms with E-state index in [1.165, 1.54) is 10.8 Å². The molecule has 4 heteroatoms. The number of benzene rings is 4. The monoisotopic (exact) mass is 512 g/mol. The van der Waals surface area contributed by atoms with Crippen LogP contribution in [-0.2, 0) is 0 Å². The van der Waals surface area contributed by atoms with Crippen molar-refractivity contribution >= 4 is 55.4 Å². The molecule has 0 radical (unpaired) electrons. The number of aromatic nitrogens is 3. The Bertz CT molecular complexity index is 2090. The van der Waals surface area contributed by atoms with E-state index in [1.807, 2.05) is 42.6 Å². The maximum Gasteiger partial charge on any atom is 0.0986 e. The van der Waals surface area contributed by atoms with Crippen molar-refractivity contribution in [2.24, 2.45) is 0 Å². The summed E-state index contributed by atoms with van der Waals surface area (Å²) in [6, 6.07) is 39.9. The van der Waals surface area contributed by atoms with Crippen LogP contribution in [0.5, 0.6) is 0 Å². The Balaban J connectivity index is 1.38. The van der Waals surface area contributed by atoms with Gasteiger partial charge in [0.05, 0.1) is 33.8 Å². The van der Waals surface area contributed by atoms with Crippen LogP contribution in [-0.4, -0.2) is 14.1 Å². The number of para-hydroxylation sites is 4. The number of fused-ring (bicyclic) bond motifs is 6. The number of nitriles is 1. The van der Waals surface area contributed by atoms with Crippen LogP contribution in [0.1, 0.15) is 5.69 Å². The summed E-state index contributed by atoms with van der Waals surface area (Å²) < 4.78 is 4.46. The van der Waals surface area contributed by atoms with Gasteiger partial charge in [-0.15, -0.1) is 0 Å². The lowest BCUT2D eigenvalue weighted by atomic mass is 10.2. The first kappa shape index (κ1) is 23.5. The van der Waals surface area contributed by atoms with Crippen molar-refractivity contribution in [3.8, 4) is 11.8 Å². The predicted octanol–water partition coefficient (Wildman–Crippen LogP) is 8.92. The lowest BCUT2D eigenvalue weighted by molar-refractivity contribution is 1.15. The molecule has 3 aromatic heterocycles. The summed E-state index contributed by atoms with van der Waals surface area (Å²) >= 11 is 0. The van der Waals surface area contributed by atoms with Gasteiger partial charge >= 0.3 is 0 Å². The molecule has 40 heavy (non-hydrogen) atoms. The van der Waals surface area contributed by atoms with E-state index in [-0.39, 0.29) is 0 Å². The number of allylic oxidation sites excluding steroid dienone is 4. The minimum atomic E-state index is 0.383. The van der Waals surface area contributed by atoms with Crippen molar-refractivity contribution in [2.75, 3.05) is 0 Å². The van der Waals surface area contributed by atoms with Crippen molar-refractivity contribution < 1.29 is 0 Å². The molecule has 0 bridgehead atoms. The third-order valence-electron chi connectivity index (χ3n) is 7.33. The molecule has 0 aliphatic carbocycles. The van der Waals surface area contributed by atoms with E-state index in [4.69, 9.17) is 0 Å². The Labute approximate surface area is 231 Å². The van der Waals surface area contributed by atoms with E-state index < -0.39 is 0 Å². The van der Waals surface area contributed by atoms with Gasteiger partial charge in [0.25, 0.3) is 0 Å². The molecule has 0 atom stereocenters. The summed E-state index contributed by atoms with van der Waals surface area (Å²) in [6.45, 7) is 3.94. The maximum atomic E-state index is 9.57. The summed E-state index contributed by atoms with van der Waals surface area (Å²) in [7, 11) is 0. The molecule has 0 saturated heterocycles. The molecular weight excluding hydrogens is 488 g/mol. The van der Waals surface area contributed by atoms with Gasteiger partial charge in [-0.2, -0.15) is 5.26 Å². The Morgan fingerprint density at radius 2 is 1.20 bits per heavy atom. The predicted molar refractivity (Wildman–Crippen MR) is 166 cm³/mol. The third-order valence-corrected chi connectivity index (χ3v) is 7.33. The van der Waals surface area contributed by atoms with Gasteiger partial charge in [-0.3, -0.25) is 4.98 Å². The summed E-state index contributed by atoms with van der Waals surface area (Å²) in [4.78, 5) is 4.66. The molecule has 0 aliphatic rings. The molecule has 0 saturated carbocycles. The Morgan fingerprint density at radius 3 is 1.75 bits per heavy atom. The standard InChI is InChI=1S/C36H24N4/c1-25(24-37)22-27(39-33-14-6-2-10-29(33)30-11-3-7-15-34(30)39)19-18-26-23-28(20-21-38-26)40-35-16-8-4-12-31(35)32-13-5-9-17-36(32)40/h2-23H,1H2/b19-18+,27-22+. The molecule has 0 fully saturated rings. The fraction of sp³-hybridized carbons (Fsp3) is 0. The Kier molecular flexibility index (Phi) is 5.62. The zero-order chi connectivity index (χ0) is 27.1. The first-order valence-corrected chi connectivity index (χ1v) is 13.1. The average Bonchev–Trinajstić information content (AvgIpc) is 3.52. The fourth-order valence-electron chi connectivity index (χ4n) is 5.64. The van der Waals surface area contributed by atoms with Gasteiger partial charge < -0.3 is 9.13 Å². The topological polar surface area (TPSA) is 46.5 Å². The number of rotatable bonds is 5. The summed E-state index contributed by atoms with van der Waals surface area (Å²) in [6.07, 6.45) is 7.68. The van der Waals surface area contributed by atoms with Crippen molar-refractivity contribution in [3.05, 3.63) is 145 Å². The molecule has 4 nitrogen and oxygen atoms in total. The van der Waals surface area contributed by atoms with E-state index >= 15 is 0 Å². The van der Waals surface area contributed by atoms with Crippen LogP contribution in [0.3, 0.4) is 0 Å². The number of pyridine rings is 1. The minimum absolute atomic E-state index is 0.383. The molecule has 188 valence electrons. The van der Waals surface area contributed by atoms with E-state index in [2.05, 4.69) is 118 Å². The van der Waals surface area contributed by atoms with Crippen LogP contribution in [0.15, 0.2) is 140 Å². The molecule has 0 spiro atoms. The van der Waals surface area contributed by atoms with Crippen molar-refractivity contribution in [2.45, 2.75) is 0 Å².